The molecule has 126 valence electrons. The van der Waals surface area contributed by atoms with E-state index in [-0.39, 0.29) is 5.91 Å². The first-order chi connectivity index (χ1) is 11.2. The fourth-order valence-electron chi connectivity index (χ4n) is 3.38. The van der Waals surface area contributed by atoms with Crippen molar-refractivity contribution < 1.29 is 9.53 Å². The van der Waals surface area contributed by atoms with Crippen LogP contribution in [0.1, 0.15) is 37.7 Å². The zero-order chi connectivity index (χ0) is 16.1. The number of hydrogen-bond acceptors (Lipinski definition) is 4. The van der Waals surface area contributed by atoms with Gasteiger partial charge >= 0.3 is 0 Å². The lowest BCUT2D eigenvalue weighted by Gasteiger charge is -2.31. The van der Waals surface area contributed by atoms with Gasteiger partial charge in [-0.15, -0.1) is 0 Å². The third-order valence-corrected chi connectivity index (χ3v) is 4.92. The number of anilines is 1. The first kappa shape index (κ1) is 16.4. The van der Waals surface area contributed by atoms with Gasteiger partial charge in [-0.25, -0.2) is 0 Å². The quantitative estimate of drug-likeness (QED) is 0.892. The van der Waals surface area contributed by atoms with Gasteiger partial charge in [0.05, 0.1) is 18.8 Å². The van der Waals surface area contributed by atoms with Crippen LogP contribution in [0.5, 0.6) is 0 Å². The van der Waals surface area contributed by atoms with E-state index < -0.39 is 5.54 Å². The molecule has 0 atom stereocenters. The molecule has 0 unspecified atom stereocenters. The second kappa shape index (κ2) is 7.43. The van der Waals surface area contributed by atoms with Gasteiger partial charge in [-0.2, -0.15) is 0 Å². The van der Waals surface area contributed by atoms with Gasteiger partial charge < -0.3 is 15.8 Å². The Balaban J connectivity index is 1.55. The van der Waals surface area contributed by atoms with Crippen molar-refractivity contribution in [1.29, 1.82) is 0 Å². The highest BCUT2D eigenvalue weighted by Gasteiger charge is 2.35. The molecule has 2 fully saturated rings. The zero-order valence-electron chi connectivity index (χ0n) is 13.7. The van der Waals surface area contributed by atoms with Crippen LogP contribution in [0.4, 0.5) is 5.69 Å². The van der Waals surface area contributed by atoms with Crippen LogP contribution in [0.25, 0.3) is 0 Å². The molecule has 0 spiro atoms. The van der Waals surface area contributed by atoms with Gasteiger partial charge in [-0.1, -0.05) is 31.4 Å². The number of morpholine rings is 1. The monoisotopic (exact) mass is 317 g/mol. The molecule has 3 N–H and O–H groups in total. The maximum Gasteiger partial charge on any atom is 0.244 e. The van der Waals surface area contributed by atoms with E-state index in [4.69, 9.17) is 10.5 Å². The molecule has 1 aromatic rings. The Morgan fingerprint density at radius 1 is 1.13 bits per heavy atom. The molecule has 1 aliphatic carbocycles. The molecule has 1 aromatic carbocycles. The average molecular weight is 317 g/mol. The van der Waals surface area contributed by atoms with Gasteiger partial charge in [0.1, 0.15) is 0 Å². The van der Waals surface area contributed by atoms with E-state index in [1.54, 1.807) is 0 Å². The number of nitrogens with two attached hydrogens (primary N) is 1. The fraction of sp³-hybridized carbons (Fsp3) is 0.611. The van der Waals surface area contributed by atoms with Crippen LogP contribution in [0.15, 0.2) is 24.3 Å². The van der Waals surface area contributed by atoms with Gasteiger partial charge in [0.2, 0.25) is 5.91 Å². The minimum Gasteiger partial charge on any atom is -0.379 e. The highest BCUT2D eigenvalue weighted by molar-refractivity contribution is 5.98. The van der Waals surface area contributed by atoms with Crippen LogP contribution in [0.2, 0.25) is 0 Å². The Morgan fingerprint density at radius 3 is 2.43 bits per heavy atom. The van der Waals surface area contributed by atoms with E-state index in [1.807, 2.05) is 12.1 Å². The summed E-state index contributed by atoms with van der Waals surface area (Å²) in [5.74, 6) is -0.0434. The van der Waals surface area contributed by atoms with Gasteiger partial charge in [-0.3, -0.25) is 9.69 Å². The Kier molecular flexibility index (Phi) is 5.30. The van der Waals surface area contributed by atoms with E-state index in [0.29, 0.717) is 0 Å². The molecular weight excluding hydrogens is 290 g/mol. The number of nitrogens with one attached hydrogen (secondary N) is 1. The molecule has 1 saturated heterocycles. The molecule has 5 heteroatoms. The van der Waals surface area contributed by atoms with Crippen LogP contribution in [0, 0.1) is 0 Å². The summed E-state index contributed by atoms with van der Waals surface area (Å²) in [6.45, 7) is 4.51. The summed E-state index contributed by atoms with van der Waals surface area (Å²) in [5, 5.41) is 2.99. The van der Waals surface area contributed by atoms with Crippen molar-refractivity contribution in [2.24, 2.45) is 5.73 Å². The van der Waals surface area contributed by atoms with Crippen LogP contribution in [-0.4, -0.2) is 42.6 Å². The summed E-state index contributed by atoms with van der Waals surface area (Å²) in [5.41, 5.74) is 7.67. The van der Waals surface area contributed by atoms with E-state index in [2.05, 4.69) is 22.3 Å². The Bertz CT molecular complexity index is 518. The molecule has 0 bridgehead atoms. The highest BCUT2D eigenvalue weighted by atomic mass is 16.5. The van der Waals surface area contributed by atoms with Crippen molar-refractivity contribution in [1.82, 2.24) is 4.90 Å². The van der Waals surface area contributed by atoms with Crippen LogP contribution < -0.4 is 11.1 Å². The maximum atomic E-state index is 12.4. The van der Waals surface area contributed by atoms with Crippen molar-refractivity contribution in [2.75, 3.05) is 31.6 Å². The molecule has 0 radical (unpaired) electrons. The smallest absolute Gasteiger partial charge is 0.244 e. The van der Waals surface area contributed by atoms with E-state index >= 15 is 0 Å². The van der Waals surface area contributed by atoms with Crippen molar-refractivity contribution in [3.63, 3.8) is 0 Å². The summed E-state index contributed by atoms with van der Waals surface area (Å²) in [7, 11) is 0. The number of ether oxygens (including phenoxy) is 1. The average Bonchev–Trinajstić information content (AvgIpc) is 2.58. The minimum absolute atomic E-state index is 0.0434. The largest absolute Gasteiger partial charge is 0.379 e. The number of amides is 1. The summed E-state index contributed by atoms with van der Waals surface area (Å²) >= 11 is 0. The van der Waals surface area contributed by atoms with Crippen molar-refractivity contribution >= 4 is 11.6 Å². The van der Waals surface area contributed by atoms with Crippen molar-refractivity contribution in [3.8, 4) is 0 Å². The Labute approximate surface area is 138 Å². The summed E-state index contributed by atoms with van der Waals surface area (Å²) in [4.78, 5) is 14.8. The molecule has 0 aromatic heterocycles. The lowest BCUT2D eigenvalue weighted by Crippen LogP contribution is -2.52. The molecular formula is C18H27N3O2. The van der Waals surface area contributed by atoms with Gasteiger partial charge in [0, 0.05) is 25.3 Å². The third-order valence-electron chi connectivity index (χ3n) is 4.92. The first-order valence-electron chi connectivity index (χ1n) is 8.65. The number of hydrogen-bond donors (Lipinski definition) is 2. The molecule has 1 amide bonds. The second-order valence-electron chi connectivity index (χ2n) is 6.76. The summed E-state index contributed by atoms with van der Waals surface area (Å²) in [6, 6.07) is 8.10. The lowest BCUT2D eigenvalue weighted by molar-refractivity contribution is -0.122. The van der Waals surface area contributed by atoms with E-state index in [0.717, 1.165) is 64.2 Å². The fourth-order valence-corrected chi connectivity index (χ4v) is 3.38. The van der Waals surface area contributed by atoms with E-state index in [1.165, 1.54) is 12.0 Å². The van der Waals surface area contributed by atoms with Crippen LogP contribution >= 0.6 is 0 Å². The molecule has 2 aliphatic rings. The predicted molar refractivity (Wildman–Crippen MR) is 91.2 cm³/mol. The SMILES string of the molecule is NC1(C(=O)Nc2ccc(CN3CCOCC3)cc2)CCCCC1. The molecule has 1 aliphatic heterocycles. The molecule has 3 rings (SSSR count). The Morgan fingerprint density at radius 2 is 1.78 bits per heavy atom. The molecule has 23 heavy (non-hydrogen) atoms. The predicted octanol–water partition coefficient (Wildman–Crippen LogP) is 2.12. The number of nitrogens with zero attached hydrogens (tertiary/aromatic N) is 1. The maximum absolute atomic E-state index is 12.4. The highest BCUT2D eigenvalue weighted by Crippen LogP contribution is 2.27. The van der Waals surface area contributed by atoms with Gasteiger partial charge in [-0.05, 0) is 30.5 Å². The van der Waals surface area contributed by atoms with Gasteiger partial charge in [0.15, 0.2) is 0 Å². The number of rotatable bonds is 4. The first-order valence-corrected chi connectivity index (χ1v) is 8.65. The normalized spacial score (nSPS) is 21.8. The van der Waals surface area contributed by atoms with Gasteiger partial charge in [0.25, 0.3) is 0 Å². The zero-order valence-corrected chi connectivity index (χ0v) is 13.7. The standard InChI is InChI=1S/C18H27N3O2/c19-18(8-2-1-3-9-18)17(22)20-16-6-4-15(5-7-16)14-21-10-12-23-13-11-21/h4-7H,1-3,8-14,19H2,(H,20,22). The third kappa shape index (κ3) is 4.31. The molecule has 1 heterocycles. The number of carbonyl (C=O) groups is 1. The summed E-state index contributed by atoms with van der Waals surface area (Å²) < 4.78 is 5.37. The molecule has 5 nitrogen and oxygen atoms in total. The molecule has 1 saturated carbocycles. The van der Waals surface area contributed by atoms with Crippen molar-refractivity contribution in [2.45, 2.75) is 44.2 Å². The second-order valence-corrected chi connectivity index (χ2v) is 6.76. The Hall–Kier alpha value is -1.43. The topological polar surface area (TPSA) is 67.6 Å². The van der Waals surface area contributed by atoms with Crippen molar-refractivity contribution in [3.05, 3.63) is 29.8 Å². The number of benzene rings is 1. The lowest BCUT2D eigenvalue weighted by atomic mass is 9.82. The minimum atomic E-state index is -0.690. The number of carbonyl (C=O) groups excluding carboxylic acids is 1. The van der Waals surface area contributed by atoms with E-state index in [9.17, 15) is 4.79 Å². The van der Waals surface area contributed by atoms with Crippen LogP contribution in [0.3, 0.4) is 0 Å². The summed E-state index contributed by atoms with van der Waals surface area (Å²) in [6.07, 6.45) is 4.84. The van der Waals surface area contributed by atoms with Crippen LogP contribution in [-0.2, 0) is 16.1 Å².